The van der Waals surface area contributed by atoms with Crippen molar-refractivity contribution < 1.29 is 23.9 Å². The normalized spacial score (nSPS) is 20.5. The molecule has 3 amide bonds. The van der Waals surface area contributed by atoms with Crippen molar-refractivity contribution in [2.24, 2.45) is 0 Å². The predicted molar refractivity (Wildman–Crippen MR) is 76.9 cm³/mol. The maximum Gasteiger partial charge on any atom is 0.436 e. The van der Waals surface area contributed by atoms with E-state index >= 15 is 0 Å². The van der Waals surface area contributed by atoms with Crippen molar-refractivity contribution in [1.29, 1.82) is 0 Å². The molecule has 118 valence electrons. The SMILES string of the molecule is CC[C@]1(c2ccc(Cl)cc2)C(=O)N(C(=O)OC)N1C(=O)OC. The summed E-state index contributed by atoms with van der Waals surface area (Å²) in [6.07, 6.45) is -1.52. The molecule has 1 aromatic carbocycles. The number of benzene rings is 1. The summed E-state index contributed by atoms with van der Waals surface area (Å²) in [5, 5.41) is 2.09. The van der Waals surface area contributed by atoms with Crippen molar-refractivity contribution in [2.75, 3.05) is 14.2 Å². The van der Waals surface area contributed by atoms with Crippen molar-refractivity contribution in [3.63, 3.8) is 0 Å². The zero-order valence-electron chi connectivity index (χ0n) is 12.3. The van der Waals surface area contributed by atoms with Crippen LogP contribution in [0.4, 0.5) is 9.59 Å². The zero-order chi connectivity index (χ0) is 16.5. The fourth-order valence-corrected chi connectivity index (χ4v) is 2.66. The number of halogens is 1. The van der Waals surface area contributed by atoms with Gasteiger partial charge in [0.2, 0.25) is 0 Å². The number of hydrogen-bond donors (Lipinski definition) is 0. The minimum absolute atomic E-state index is 0.260. The van der Waals surface area contributed by atoms with Crippen molar-refractivity contribution in [1.82, 2.24) is 10.0 Å². The van der Waals surface area contributed by atoms with Crippen molar-refractivity contribution in [3.05, 3.63) is 34.9 Å². The summed E-state index contributed by atoms with van der Waals surface area (Å²) in [6.45, 7) is 1.73. The maximum absolute atomic E-state index is 12.6. The van der Waals surface area contributed by atoms with Gasteiger partial charge in [0.05, 0.1) is 14.2 Å². The first-order valence-corrected chi connectivity index (χ1v) is 6.88. The smallest absolute Gasteiger partial charge is 0.436 e. The molecule has 0 radical (unpaired) electrons. The molecule has 0 spiro atoms. The molecular weight excluding hydrogens is 312 g/mol. The highest BCUT2D eigenvalue weighted by molar-refractivity contribution is 6.30. The molecule has 1 aliphatic rings. The van der Waals surface area contributed by atoms with E-state index in [2.05, 4.69) is 9.47 Å². The fraction of sp³-hybridized carbons (Fsp3) is 0.357. The van der Waals surface area contributed by atoms with E-state index < -0.39 is 23.6 Å². The lowest BCUT2D eigenvalue weighted by Crippen LogP contribution is -2.77. The van der Waals surface area contributed by atoms with E-state index in [9.17, 15) is 14.4 Å². The predicted octanol–water partition coefficient (Wildman–Crippen LogP) is 2.54. The molecule has 0 aliphatic carbocycles. The molecule has 2 rings (SSSR count). The number of ether oxygens (including phenoxy) is 2. The Balaban J connectivity index is 2.53. The second kappa shape index (κ2) is 5.84. The van der Waals surface area contributed by atoms with Gasteiger partial charge in [-0.2, -0.15) is 5.01 Å². The van der Waals surface area contributed by atoms with Gasteiger partial charge in [-0.15, -0.1) is 5.01 Å². The highest BCUT2D eigenvalue weighted by Gasteiger charge is 2.65. The second-order valence-corrected chi connectivity index (χ2v) is 5.03. The van der Waals surface area contributed by atoms with Crippen molar-refractivity contribution in [2.45, 2.75) is 18.9 Å². The van der Waals surface area contributed by atoms with E-state index in [4.69, 9.17) is 11.6 Å². The molecule has 8 heteroatoms. The summed E-state index contributed by atoms with van der Waals surface area (Å²) in [6, 6.07) is 6.48. The van der Waals surface area contributed by atoms with Gasteiger partial charge in [-0.05, 0) is 24.1 Å². The number of carbonyl (C=O) groups is 3. The van der Waals surface area contributed by atoms with Gasteiger partial charge in [-0.1, -0.05) is 30.7 Å². The van der Waals surface area contributed by atoms with E-state index in [0.29, 0.717) is 15.6 Å². The summed E-state index contributed by atoms with van der Waals surface area (Å²) in [4.78, 5) is 36.4. The summed E-state index contributed by atoms with van der Waals surface area (Å²) in [7, 11) is 2.29. The van der Waals surface area contributed by atoms with Crippen molar-refractivity contribution in [3.8, 4) is 0 Å². The molecule has 1 saturated heterocycles. The molecule has 0 bridgehead atoms. The summed E-state index contributed by atoms with van der Waals surface area (Å²) in [5.41, 5.74) is -0.777. The molecule has 1 heterocycles. The third-order valence-electron chi connectivity index (χ3n) is 3.64. The van der Waals surface area contributed by atoms with Crippen LogP contribution in [-0.2, 0) is 19.8 Å². The first-order chi connectivity index (χ1) is 10.4. The molecule has 0 N–H and O–H groups in total. The third kappa shape index (κ3) is 2.09. The Hall–Kier alpha value is -2.28. The van der Waals surface area contributed by atoms with Crippen LogP contribution in [0.25, 0.3) is 0 Å². The molecule has 1 aromatic rings. The highest BCUT2D eigenvalue weighted by Crippen LogP contribution is 2.44. The van der Waals surface area contributed by atoms with E-state index in [1.807, 2.05) is 0 Å². The van der Waals surface area contributed by atoms with Gasteiger partial charge in [-0.25, -0.2) is 9.59 Å². The van der Waals surface area contributed by atoms with E-state index in [1.165, 1.54) is 7.11 Å². The number of methoxy groups -OCH3 is 2. The maximum atomic E-state index is 12.6. The van der Waals surface area contributed by atoms with Gasteiger partial charge < -0.3 is 9.47 Å². The van der Waals surface area contributed by atoms with Gasteiger partial charge in [0, 0.05) is 5.02 Å². The van der Waals surface area contributed by atoms with E-state index in [0.717, 1.165) is 12.1 Å². The second-order valence-electron chi connectivity index (χ2n) is 4.59. The van der Waals surface area contributed by atoms with Crippen LogP contribution in [0.1, 0.15) is 18.9 Å². The lowest BCUT2D eigenvalue weighted by atomic mass is 9.81. The van der Waals surface area contributed by atoms with Gasteiger partial charge >= 0.3 is 12.2 Å². The van der Waals surface area contributed by atoms with Crippen LogP contribution in [0.2, 0.25) is 5.02 Å². The molecule has 22 heavy (non-hydrogen) atoms. The molecular formula is C14H15ClN2O5. The van der Waals surface area contributed by atoms with Crippen LogP contribution >= 0.6 is 11.6 Å². The lowest BCUT2D eigenvalue weighted by Gasteiger charge is -2.54. The molecule has 1 aliphatic heterocycles. The first-order valence-electron chi connectivity index (χ1n) is 6.50. The molecule has 1 fully saturated rings. The van der Waals surface area contributed by atoms with Gasteiger partial charge in [-0.3, -0.25) is 4.79 Å². The number of rotatable bonds is 2. The van der Waals surface area contributed by atoms with Crippen LogP contribution in [0.5, 0.6) is 0 Å². The highest BCUT2D eigenvalue weighted by atomic mass is 35.5. The number of hydrogen-bond acceptors (Lipinski definition) is 5. The van der Waals surface area contributed by atoms with Crippen LogP contribution in [0.3, 0.4) is 0 Å². The van der Waals surface area contributed by atoms with Crippen molar-refractivity contribution >= 4 is 29.7 Å². The molecule has 0 saturated carbocycles. The van der Waals surface area contributed by atoms with Crippen LogP contribution in [0, 0.1) is 0 Å². The Labute approximate surface area is 132 Å². The molecule has 0 aromatic heterocycles. The average molecular weight is 327 g/mol. The first kappa shape index (κ1) is 16.1. The minimum atomic E-state index is -1.31. The monoisotopic (exact) mass is 326 g/mol. The Bertz CT molecular complexity index is 618. The number of amides is 3. The molecule has 7 nitrogen and oxygen atoms in total. The third-order valence-corrected chi connectivity index (χ3v) is 3.89. The molecule has 0 unspecified atom stereocenters. The Kier molecular flexibility index (Phi) is 4.27. The van der Waals surface area contributed by atoms with Crippen LogP contribution < -0.4 is 0 Å². The van der Waals surface area contributed by atoms with Gasteiger partial charge in [0.1, 0.15) is 0 Å². The topological polar surface area (TPSA) is 76.2 Å². The van der Waals surface area contributed by atoms with E-state index in [1.54, 1.807) is 31.2 Å². The number of hydrazine groups is 1. The fourth-order valence-electron chi connectivity index (χ4n) is 2.53. The lowest BCUT2D eigenvalue weighted by molar-refractivity contribution is -0.201. The minimum Gasteiger partial charge on any atom is -0.451 e. The summed E-state index contributed by atoms with van der Waals surface area (Å²) < 4.78 is 9.23. The molecule has 1 atom stereocenters. The Morgan fingerprint density at radius 2 is 1.68 bits per heavy atom. The van der Waals surface area contributed by atoms with Gasteiger partial charge in [0.15, 0.2) is 5.54 Å². The van der Waals surface area contributed by atoms with Crippen LogP contribution in [0.15, 0.2) is 24.3 Å². The van der Waals surface area contributed by atoms with Gasteiger partial charge in [0.25, 0.3) is 5.91 Å². The summed E-state index contributed by atoms with van der Waals surface area (Å²) >= 11 is 5.86. The average Bonchev–Trinajstić information content (AvgIpc) is 2.53. The number of carbonyl (C=O) groups excluding carboxylic acids is 3. The number of imide groups is 1. The quantitative estimate of drug-likeness (QED) is 0.834. The largest absolute Gasteiger partial charge is 0.451 e. The Morgan fingerprint density at radius 3 is 2.14 bits per heavy atom. The summed E-state index contributed by atoms with van der Waals surface area (Å²) in [5.74, 6) is -0.561. The number of nitrogens with zero attached hydrogens (tertiary/aromatic N) is 2. The Morgan fingerprint density at radius 1 is 1.14 bits per heavy atom. The van der Waals surface area contributed by atoms with E-state index in [-0.39, 0.29) is 6.42 Å². The van der Waals surface area contributed by atoms with Crippen LogP contribution in [-0.4, -0.2) is 42.3 Å². The zero-order valence-corrected chi connectivity index (χ0v) is 13.1. The standard InChI is InChI=1S/C14H15ClN2O5/c1-4-14(9-5-7-10(15)8-6-9)11(18)16(12(19)21-2)17(14)13(20)22-3/h5-8H,4H2,1-3H3/t14-/m0/s1.